The van der Waals surface area contributed by atoms with Crippen LogP contribution in [0, 0.1) is 11.3 Å². The molecular weight excluding hydrogens is 532 g/mol. The van der Waals surface area contributed by atoms with E-state index in [9.17, 15) is 14.4 Å². The van der Waals surface area contributed by atoms with Crippen LogP contribution in [0.15, 0.2) is 85.2 Å². The number of benzene rings is 3. The fourth-order valence-electron chi connectivity index (χ4n) is 4.83. The zero-order valence-electron chi connectivity index (χ0n) is 23.2. The number of amides is 1. The van der Waals surface area contributed by atoms with Gasteiger partial charge >= 0.3 is 12.1 Å². The van der Waals surface area contributed by atoms with Gasteiger partial charge in [-0.15, -0.1) is 0 Å². The summed E-state index contributed by atoms with van der Waals surface area (Å²) in [6, 6.07) is 23.4. The van der Waals surface area contributed by atoms with Crippen molar-refractivity contribution in [2.45, 2.75) is 19.8 Å². The van der Waals surface area contributed by atoms with Gasteiger partial charge in [-0.25, -0.2) is 4.79 Å². The van der Waals surface area contributed by atoms with Crippen molar-refractivity contribution in [3.63, 3.8) is 0 Å². The Bertz CT molecular complexity index is 1830. The summed E-state index contributed by atoms with van der Waals surface area (Å²) in [6.45, 7) is 1.52. The molecule has 9 heteroatoms. The smallest absolute Gasteiger partial charge is 0.420 e. The average molecular weight is 561 g/mol. The molecule has 9 nitrogen and oxygen atoms in total. The first-order chi connectivity index (χ1) is 20.4. The lowest BCUT2D eigenvalue weighted by Gasteiger charge is -2.22. The summed E-state index contributed by atoms with van der Waals surface area (Å²) < 4.78 is 12.7. The number of hydrogen-bond acceptors (Lipinski definition) is 7. The zero-order valence-corrected chi connectivity index (χ0v) is 23.2. The molecular formula is C33H28N4O5. The van der Waals surface area contributed by atoms with Gasteiger partial charge in [-0.2, -0.15) is 5.26 Å². The van der Waals surface area contributed by atoms with Crippen LogP contribution in [0.4, 0.5) is 10.5 Å². The summed E-state index contributed by atoms with van der Waals surface area (Å²) in [5, 5.41) is 10.5. The number of ether oxygens (including phenoxy) is 2. The molecule has 0 radical (unpaired) electrons. The largest absolute Gasteiger partial charge is 0.465 e. The molecule has 2 heterocycles. The van der Waals surface area contributed by atoms with Gasteiger partial charge in [0.1, 0.15) is 12.3 Å². The number of rotatable bonds is 9. The van der Waals surface area contributed by atoms with Gasteiger partial charge in [0.25, 0.3) is 0 Å². The first kappa shape index (κ1) is 28.1. The van der Waals surface area contributed by atoms with E-state index in [0.717, 1.165) is 16.3 Å². The number of ketones is 1. The third-order valence-corrected chi connectivity index (χ3v) is 6.91. The SMILES string of the molecule is CCOC(=O)CN(C(=O)Oc1ccc2c(C(=O)CCc3ccc(C#N)cc3)cn(C)c2c1)c1cccc2cccnc12. The highest BCUT2D eigenvalue weighted by Crippen LogP contribution is 2.29. The highest BCUT2D eigenvalue weighted by Gasteiger charge is 2.25. The van der Waals surface area contributed by atoms with Crippen molar-refractivity contribution in [2.75, 3.05) is 18.1 Å². The molecule has 42 heavy (non-hydrogen) atoms. The molecule has 0 saturated heterocycles. The van der Waals surface area contributed by atoms with Crippen molar-refractivity contribution in [1.82, 2.24) is 9.55 Å². The van der Waals surface area contributed by atoms with Crippen LogP contribution in [0.5, 0.6) is 5.75 Å². The van der Waals surface area contributed by atoms with E-state index in [0.29, 0.717) is 40.7 Å². The second kappa shape index (κ2) is 12.4. The van der Waals surface area contributed by atoms with Crippen LogP contribution in [-0.4, -0.2) is 40.5 Å². The molecule has 0 aliphatic rings. The number of nitrogens with zero attached hydrogens (tertiary/aromatic N) is 4. The number of aryl methyl sites for hydroxylation is 2. The Labute approximate surface area is 242 Å². The molecule has 5 rings (SSSR count). The number of aromatic nitrogens is 2. The van der Waals surface area contributed by atoms with Crippen LogP contribution >= 0.6 is 0 Å². The van der Waals surface area contributed by atoms with Crippen molar-refractivity contribution >= 4 is 45.3 Å². The minimum atomic E-state index is -0.770. The Morgan fingerprint density at radius 3 is 2.57 bits per heavy atom. The molecule has 0 N–H and O–H groups in total. The number of carbonyl (C=O) groups is 3. The number of para-hydroxylation sites is 1. The number of hydrogen-bond donors (Lipinski definition) is 0. The molecule has 0 unspecified atom stereocenters. The predicted molar refractivity (Wildman–Crippen MR) is 158 cm³/mol. The van der Waals surface area contributed by atoms with E-state index in [2.05, 4.69) is 11.1 Å². The highest BCUT2D eigenvalue weighted by molar-refractivity contribution is 6.08. The normalized spacial score (nSPS) is 10.8. The molecule has 1 amide bonds. The van der Waals surface area contributed by atoms with Gasteiger partial charge in [0.15, 0.2) is 5.78 Å². The number of pyridine rings is 1. The summed E-state index contributed by atoms with van der Waals surface area (Å²) in [6.07, 6.45) is 3.48. The van der Waals surface area contributed by atoms with Crippen LogP contribution in [-0.2, 0) is 23.0 Å². The Balaban J connectivity index is 1.37. The van der Waals surface area contributed by atoms with Gasteiger partial charge in [-0.1, -0.05) is 30.3 Å². The third-order valence-electron chi connectivity index (χ3n) is 6.91. The van der Waals surface area contributed by atoms with Gasteiger partial charge in [-0.3, -0.25) is 19.5 Å². The van der Waals surface area contributed by atoms with E-state index < -0.39 is 12.1 Å². The van der Waals surface area contributed by atoms with Crippen molar-refractivity contribution in [3.05, 3.63) is 102 Å². The zero-order chi connectivity index (χ0) is 29.6. The van der Waals surface area contributed by atoms with E-state index in [1.807, 2.05) is 35.9 Å². The molecule has 0 aliphatic heterocycles. The van der Waals surface area contributed by atoms with Crippen molar-refractivity contribution in [3.8, 4) is 11.8 Å². The van der Waals surface area contributed by atoms with E-state index in [4.69, 9.17) is 14.7 Å². The van der Waals surface area contributed by atoms with Crippen LogP contribution in [0.25, 0.3) is 21.8 Å². The molecule has 0 bridgehead atoms. The lowest BCUT2D eigenvalue weighted by molar-refractivity contribution is -0.141. The van der Waals surface area contributed by atoms with Crippen LogP contribution in [0.2, 0.25) is 0 Å². The molecule has 5 aromatic rings. The second-order valence-corrected chi connectivity index (χ2v) is 9.68. The predicted octanol–water partition coefficient (Wildman–Crippen LogP) is 5.98. The molecule has 2 aromatic heterocycles. The summed E-state index contributed by atoms with van der Waals surface area (Å²) in [5.41, 5.74) is 3.80. The summed E-state index contributed by atoms with van der Waals surface area (Å²) in [5.74, 6) is -0.337. The number of Topliss-reactive ketones (excluding diaryl/α,β-unsaturated/α-hetero) is 1. The Kier molecular flexibility index (Phi) is 8.25. The summed E-state index contributed by atoms with van der Waals surface area (Å²) in [4.78, 5) is 44.7. The van der Waals surface area contributed by atoms with E-state index in [1.165, 1.54) is 4.90 Å². The third kappa shape index (κ3) is 5.98. The number of nitriles is 1. The van der Waals surface area contributed by atoms with Gasteiger partial charge < -0.3 is 14.0 Å². The maximum atomic E-state index is 13.5. The minimum absolute atomic E-state index is 0.0150. The molecule has 0 fully saturated rings. The molecule has 0 saturated carbocycles. The highest BCUT2D eigenvalue weighted by atomic mass is 16.6. The van der Waals surface area contributed by atoms with Crippen LogP contribution in [0.3, 0.4) is 0 Å². The summed E-state index contributed by atoms with van der Waals surface area (Å²) >= 11 is 0. The maximum Gasteiger partial charge on any atom is 0.420 e. The number of anilines is 1. The van der Waals surface area contributed by atoms with Gasteiger partial charge in [0, 0.05) is 48.3 Å². The Hall–Kier alpha value is -5.49. The first-order valence-corrected chi connectivity index (χ1v) is 13.5. The van der Waals surface area contributed by atoms with Crippen molar-refractivity contribution in [1.29, 1.82) is 5.26 Å². The van der Waals surface area contributed by atoms with E-state index >= 15 is 0 Å². The standard InChI is InChI=1S/C33H28N4O5/c1-3-41-31(39)21-37(28-8-4-6-24-7-5-17-35-32(24)28)33(40)42-25-14-15-26-27(20-36(2)29(26)18-25)30(38)16-13-22-9-11-23(19-34)12-10-22/h4-12,14-15,17-18,20H,3,13,16,21H2,1-2H3. The Morgan fingerprint density at radius 2 is 1.81 bits per heavy atom. The number of fused-ring (bicyclic) bond motifs is 2. The number of carbonyl (C=O) groups excluding carboxylic acids is 3. The average Bonchev–Trinajstić information content (AvgIpc) is 3.34. The van der Waals surface area contributed by atoms with Crippen molar-refractivity contribution in [2.24, 2.45) is 7.05 Å². The molecule has 3 aromatic carbocycles. The minimum Gasteiger partial charge on any atom is -0.465 e. The van der Waals surface area contributed by atoms with Crippen molar-refractivity contribution < 1.29 is 23.9 Å². The topological polar surface area (TPSA) is 115 Å². The van der Waals surface area contributed by atoms with E-state index in [1.54, 1.807) is 67.8 Å². The lowest BCUT2D eigenvalue weighted by atomic mass is 10.0. The fourth-order valence-corrected chi connectivity index (χ4v) is 4.83. The first-order valence-electron chi connectivity index (χ1n) is 13.5. The van der Waals surface area contributed by atoms with E-state index in [-0.39, 0.29) is 24.7 Å². The monoisotopic (exact) mass is 560 g/mol. The van der Waals surface area contributed by atoms with Crippen LogP contribution in [0.1, 0.15) is 34.8 Å². The fraction of sp³-hybridized carbons (Fsp3) is 0.182. The molecule has 0 spiro atoms. The number of esters is 1. The van der Waals surface area contributed by atoms with Gasteiger partial charge in [0.2, 0.25) is 0 Å². The summed E-state index contributed by atoms with van der Waals surface area (Å²) in [7, 11) is 1.82. The molecule has 0 atom stereocenters. The maximum absolute atomic E-state index is 13.5. The van der Waals surface area contributed by atoms with Crippen LogP contribution < -0.4 is 9.64 Å². The second-order valence-electron chi connectivity index (χ2n) is 9.68. The lowest BCUT2D eigenvalue weighted by Crippen LogP contribution is -2.38. The quantitative estimate of drug-likeness (QED) is 0.161. The molecule has 0 aliphatic carbocycles. The Morgan fingerprint density at radius 1 is 1.02 bits per heavy atom. The van der Waals surface area contributed by atoms with Gasteiger partial charge in [0.05, 0.1) is 35.0 Å². The molecule has 210 valence electrons. The van der Waals surface area contributed by atoms with Gasteiger partial charge in [-0.05, 0) is 55.3 Å².